The van der Waals surface area contributed by atoms with Gasteiger partial charge >= 0.3 is 6.03 Å². The lowest BCUT2D eigenvalue weighted by Crippen LogP contribution is -2.64. The molecule has 0 radical (unpaired) electrons. The van der Waals surface area contributed by atoms with Crippen LogP contribution in [0.5, 0.6) is 0 Å². The summed E-state index contributed by atoms with van der Waals surface area (Å²) >= 11 is 1.41. The predicted molar refractivity (Wildman–Crippen MR) is 196 cm³/mol. The number of ketones is 1. The van der Waals surface area contributed by atoms with E-state index in [4.69, 9.17) is 0 Å². The molecule has 3 heterocycles. The fourth-order valence-corrected chi connectivity index (χ4v) is 11.7. The molecule has 4 N–H and O–H groups in total. The Kier molecular flexibility index (Phi) is 10.5. The van der Waals surface area contributed by atoms with Crippen molar-refractivity contribution >= 4 is 50.9 Å². The molecule has 5 amide bonds. The van der Waals surface area contributed by atoms with Crippen molar-refractivity contribution in [2.24, 2.45) is 28.6 Å². The van der Waals surface area contributed by atoms with Gasteiger partial charge < -0.3 is 26.2 Å². The van der Waals surface area contributed by atoms with Crippen molar-refractivity contribution in [1.82, 2.24) is 30.5 Å². The van der Waals surface area contributed by atoms with E-state index in [0.29, 0.717) is 30.7 Å². The Morgan fingerprint density at radius 2 is 1.77 bits per heavy atom. The number of hydrogen-bond donors (Lipinski definition) is 4. The van der Waals surface area contributed by atoms with Crippen molar-refractivity contribution in [3.63, 3.8) is 0 Å². The Bertz CT molecular complexity index is 1720. The number of Topliss-reactive ketones (excluding diaryl/α,β-unsaturated/α-hetero) is 1. The number of carbonyl (C=O) groups excluding carboxylic acids is 5. The number of nitrogens with zero attached hydrogens (tertiary/aromatic N) is 2. The molecule has 1 saturated heterocycles. The van der Waals surface area contributed by atoms with Crippen LogP contribution >= 0.6 is 11.3 Å². The number of likely N-dealkylation sites (tertiary alicyclic amines) is 1. The van der Waals surface area contributed by atoms with Gasteiger partial charge in [-0.25, -0.2) is 13.2 Å². The molecular formula is C37H54N6O7S2. The second-order valence-electron chi connectivity index (χ2n) is 17.2. The molecule has 5 aliphatic rings. The molecule has 1 aromatic rings. The average molecular weight is 759 g/mol. The van der Waals surface area contributed by atoms with E-state index < -0.39 is 68.6 Å². The first-order valence-electron chi connectivity index (χ1n) is 18.6. The average Bonchev–Trinajstić information content (AvgIpc) is 3.75. The van der Waals surface area contributed by atoms with Crippen molar-refractivity contribution < 1.29 is 32.4 Å². The lowest BCUT2D eigenvalue weighted by Gasteiger charge is -2.42. The highest BCUT2D eigenvalue weighted by Crippen LogP contribution is 2.65. The first-order chi connectivity index (χ1) is 24.4. The number of fused-ring (bicyclic) bond motifs is 2. The Morgan fingerprint density at radius 3 is 2.38 bits per heavy atom. The minimum Gasteiger partial charge on any atom is -0.346 e. The predicted octanol–water partition coefficient (Wildman–Crippen LogP) is 3.31. The number of sulfonamides is 1. The van der Waals surface area contributed by atoms with Crippen molar-refractivity contribution in [1.29, 1.82) is 0 Å². The molecule has 0 spiro atoms. The molecule has 3 saturated carbocycles. The summed E-state index contributed by atoms with van der Waals surface area (Å²) in [6, 6.07) is -1.83. The van der Waals surface area contributed by atoms with Crippen LogP contribution in [0.25, 0.3) is 0 Å². The van der Waals surface area contributed by atoms with Gasteiger partial charge in [0, 0.05) is 31.1 Å². The molecule has 286 valence electrons. The summed E-state index contributed by atoms with van der Waals surface area (Å²) in [6.45, 7) is 14.1. The second-order valence-corrected chi connectivity index (χ2v) is 20.1. The minimum absolute atomic E-state index is 0.0614. The highest BCUT2D eigenvalue weighted by atomic mass is 32.2. The van der Waals surface area contributed by atoms with E-state index in [0.717, 1.165) is 37.0 Å². The van der Waals surface area contributed by atoms with Gasteiger partial charge in [0.2, 0.25) is 27.6 Å². The van der Waals surface area contributed by atoms with Crippen LogP contribution in [0.3, 0.4) is 0 Å². The zero-order valence-electron chi connectivity index (χ0n) is 31.0. The largest absolute Gasteiger partial charge is 0.346 e. The molecule has 3 aliphatic carbocycles. The zero-order valence-corrected chi connectivity index (χ0v) is 32.6. The van der Waals surface area contributed by atoms with E-state index in [9.17, 15) is 32.4 Å². The summed E-state index contributed by atoms with van der Waals surface area (Å²) in [5, 5.41) is 13.2. The SMILES string of the molecule is C=CCNC(=O)C(=O)C(CC1CC1)NC(=O)[C@@H]1[C@@H]2[C@H](CN1C(=O)[C@@H](NC(=O)NC1(CN3Cc4sccc4S3(=O)=O)CCCCC1)C(C)(C)C)C2(C)C. The number of thiophene rings is 1. The molecule has 15 heteroatoms. The number of amides is 5. The molecule has 0 aromatic carbocycles. The maximum atomic E-state index is 14.6. The van der Waals surface area contributed by atoms with Gasteiger partial charge in [0.25, 0.3) is 5.91 Å². The Morgan fingerprint density at radius 1 is 1.08 bits per heavy atom. The van der Waals surface area contributed by atoms with Gasteiger partial charge in [-0.3, -0.25) is 19.2 Å². The molecule has 4 fully saturated rings. The fraction of sp³-hybridized carbons (Fsp3) is 0.703. The summed E-state index contributed by atoms with van der Waals surface area (Å²) in [6.07, 6.45) is 7.53. The molecule has 13 nitrogen and oxygen atoms in total. The highest BCUT2D eigenvalue weighted by Gasteiger charge is 2.70. The van der Waals surface area contributed by atoms with E-state index in [-0.39, 0.29) is 42.8 Å². The quantitative estimate of drug-likeness (QED) is 0.177. The van der Waals surface area contributed by atoms with Crippen molar-refractivity contribution in [3.05, 3.63) is 29.0 Å². The first-order valence-corrected chi connectivity index (χ1v) is 20.9. The minimum atomic E-state index is -3.67. The highest BCUT2D eigenvalue weighted by molar-refractivity contribution is 7.89. The Labute approximate surface area is 311 Å². The van der Waals surface area contributed by atoms with Gasteiger partial charge in [-0.15, -0.1) is 17.9 Å². The monoisotopic (exact) mass is 758 g/mol. The number of piperidine rings is 1. The van der Waals surface area contributed by atoms with Gasteiger partial charge in [-0.2, -0.15) is 4.31 Å². The van der Waals surface area contributed by atoms with E-state index in [1.807, 2.05) is 20.8 Å². The topological polar surface area (TPSA) is 174 Å². The molecule has 52 heavy (non-hydrogen) atoms. The van der Waals surface area contributed by atoms with Gasteiger partial charge in [0.05, 0.1) is 16.5 Å². The van der Waals surface area contributed by atoms with E-state index in [1.165, 1.54) is 21.7 Å². The molecule has 5 atom stereocenters. The maximum absolute atomic E-state index is 14.6. The van der Waals surface area contributed by atoms with Crippen LogP contribution in [0.1, 0.15) is 90.9 Å². The Balaban J connectivity index is 1.18. The number of nitrogens with one attached hydrogen (secondary N) is 4. The standard InChI is InChI=1S/C37H54N6O7S2/c1-7-16-38-32(46)29(44)24(18-22-11-12-22)39-31(45)28-27-23(36(27,5)6)19-43(28)33(47)30(35(2,3)4)40-34(48)41-37(14-9-8-10-15-37)21-42-20-25-26(13-17-51-25)52(42,49)50/h7,13,17,22-24,27-28,30H,1,8-12,14-16,18-21H2,2-6H3,(H,38,46)(H,39,45)(H2,40,41,48)/t23-,24?,27-,28-,30+/m0/s1. The summed E-state index contributed by atoms with van der Waals surface area (Å²) in [5.74, 6) is -2.22. The first kappa shape index (κ1) is 38.4. The third kappa shape index (κ3) is 7.54. The number of urea groups is 1. The van der Waals surface area contributed by atoms with Gasteiger partial charge in [-0.05, 0) is 59.3 Å². The zero-order chi connectivity index (χ0) is 37.8. The van der Waals surface area contributed by atoms with Gasteiger partial charge in [0.15, 0.2) is 0 Å². The van der Waals surface area contributed by atoms with Crippen LogP contribution in [0.4, 0.5) is 4.79 Å². The summed E-state index contributed by atoms with van der Waals surface area (Å²) in [4.78, 5) is 71.2. The molecular weight excluding hydrogens is 705 g/mol. The van der Waals surface area contributed by atoms with E-state index in [1.54, 1.807) is 16.3 Å². The lowest BCUT2D eigenvalue weighted by atomic mass is 9.81. The van der Waals surface area contributed by atoms with Crippen molar-refractivity contribution in [3.8, 4) is 0 Å². The summed E-state index contributed by atoms with van der Waals surface area (Å²) in [7, 11) is -3.67. The molecule has 1 aromatic heterocycles. The molecule has 1 unspecified atom stereocenters. The van der Waals surface area contributed by atoms with Crippen LogP contribution in [-0.4, -0.2) is 90.5 Å². The number of rotatable bonds is 13. The van der Waals surface area contributed by atoms with Crippen LogP contribution in [0, 0.1) is 28.6 Å². The van der Waals surface area contributed by atoms with Crippen LogP contribution in [0.2, 0.25) is 0 Å². The smallest absolute Gasteiger partial charge is 0.315 e. The summed E-state index contributed by atoms with van der Waals surface area (Å²) < 4.78 is 28.2. The second kappa shape index (κ2) is 14.2. The Hall–Kier alpha value is -3.30. The van der Waals surface area contributed by atoms with Crippen molar-refractivity contribution in [2.45, 2.75) is 121 Å². The third-order valence-corrected chi connectivity index (χ3v) is 14.9. The lowest BCUT2D eigenvalue weighted by molar-refractivity contribution is -0.145. The maximum Gasteiger partial charge on any atom is 0.315 e. The number of carbonyl (C=O) groups is 5. The molecule has 6 rings (SSSR count). The number of hydrogen-bond acceptors (Lipinski definition) is 8. The van der Waals surface area contributed by atoms with Crippen LogP contribution in [0.15, 0.2) is 29.0 Å². The normalized spacial score (nSPS) is 26.6. The van der Waals surface area contributed by atoms with Gasteiger partial charge in [-0.1, -0.05) is 72.8 Å². The third-order valence-electron chi connectivity index (χ3n) is 12.0. The van der Waals surface area contributed by atoms with Crippen LogP contribution < -0.4 is 21.3 Å². The summed E-state index contributed by atoms with van der Waals surface area (Å²) in [5.41, 5.74) is -1.76. The molecule has 0 bridgehead atoms. The van der Waals surface area contributed by atoms with Crippen LogP contribution in [-0.2, 0) is 35.7 Å². The fourth-order valence-electron chi connectivity index (χ4n) is 8.71. The van der Waals surface area contributed by atoms with Crippen molar-refractivity contribution in [2.75, 3.05) is 19.6 Å². The molecule has 2 aliphatic heterocycles. The van der Waals surface area contributed by atoms with E-state index in [2.05, 4.69) is 41.7 Å². The van der Waals surface area contributed by atoms with E-state index >= 15 is 0 Å². The van der Waals surface area contributed by atoms with Gasteiger partial charge in [0.1, 0.15) is 12.1 Å².